The number of benzene rings is 2. The monoisotopic (exact) mass is 517 g/mol. The summed E-state index contributed by atoms with van der Waals surface area (Å²) in [4.78, 5) is 24.6. The van der Waals surface area contributed by atoms with Gasteiger partial charge >= 0.3 is 7.52 Å². The van der Waals surface area contributed by atoms with Crippen molar-refractivity contribution in [1.82, 2.24) is 0 Å². The van der Waals surface area contributed by atoms with Crippen molar-refractivity contribution in [3.05, 3.63) is 59.2 Å². The maximum atomic E-state index is 13.9. The minimum absolute atomic E-state index is 0.104. The summed E-state index contributed by atoms with van der Waals surface area (Å²) in [6.07, 6.45) is 2.26. The highest BCUT2D eigenvalue weighted by Gasteiger charge is 2.46. The molecule has 1 aliphatic carbocycles. The van der Waals surface area contributed by atoms with Gasteiger partial charge in [-0.25, -0.2) is 8.42 Å². The van der Waals surface area contributed by atoms with Gasteiger partial charge in [-0.15, -0.1) is 0 Å². The Morgan fingerprint density at radius 2 is 1.89 bits per heavy atom. The number of rotatable bonds is 6. The summed E-state index contributed by atoms with van der Waals surface area (Å²) in [7, 11) is -8.01. The van der Waals surface area contributed by atoms with E-state index >= 15 is 0 Å². The second-order valence-corrected chi connectivity index (χ2v) is 13.1. The van der Waals surface area contributed by atoms with Crippen LogP contribution in [0, 0.1) is 5.92 Å². The Morgan fingerprint density at radius 1 is 1.20 bits per heavy atom. The van der Waals surface area contributed by atoms with Crippen molar-refractivity contribution in [3.8, 4) is 0 Å². The first-order valence-electron chi connectivity index (χ1n) is 11.1. The van der Waals surface area contributed by atoms with Gasteiger partial charge in [0.1, 0.15) is 17.2 Å². The molecule has 0 fully saturated rings. The molecule has 4 N–H and O–H groups in total. The van der Waals surface area contributed by atoms with Crippen LogP contribution in [0.3, 0.4) is 0 Å². The minimum Gasteiger partial charge on any atom is -0.506 e. The largest absolute Gasteiger partial charge is 0.506 e. The fourth-order valence-corrected chi connectivity index (χ4v) is 6.30. The van der Waals surface area contributed by atoms with Gasteiger partial charge in [0.15, 0.2) is 5.78 Å². The lowest BCUT2D eigenvalue weighted by atomic mass is 9.66. The molecule has 1 aliphatic heterocycles. The van der Waals surface area contributed by atoms with Gasteiger partial charge in [0.05, 0.1) is 22.7 Å². The minimum atomic E-state index is -4.41. The van der Waals surface area contributed by atoms with E-state index in [0.717, 1.165) is 12.7 Å². The first kappa shape index (κ1) is 25.2. The van der Waals surface area contributed by atoms with Crippen LogP contribution in [0.5, 0.6) is 0 Å². The Bertz CT molecular complexity index is 1450. The van der Waals surface area contributed by atoms with Gasteiger partial charge in [0.25, 0.3) is 0 Å². The van der Waals surface area contributed by atoms with E-state index in [1.807, 2.05) is 19.1 Å². The molecule has 2 unspecified atom stereocenters. The number of aliphatic hydroxyl groups is 1. The fourth-order valence-electron chi connectivity index (χ4n) is 4.47. The average Bonchev–Trinajstić information content (AvgIpc) is 2.76. The lowest BCUT2D eigenvalue weighted by Crippen LogP contribution is -2.42. The number of Topliss-reactive ketones (excluding diaryl/α,β-unsaturated/α-hetero) is 1. The van der Waals surface area contributed by atoms with E-state index in [4.69, 9.17) is 0 Å². The number of ketones is 1. The summed E-state index contributed by atoms with van der Waals surface area (Å²) in [5.74, 6) is -0.545. The molecule has 0 saturated heterocycles. The molecule has 9 nitrogen and oxygen atoms in total. The molecular formula is C24H28N3O6PS. The Hall–Kier alpha value is -2.94. The van der Waals surface area contributed by atoms with Gasteiger partial charge in [0.2, 0.25) is 10.0 Å². The molecule has 0 amide bonds. The zero-order chi connectivity index (χ0) is 25.8. The van der Waals surface area contributed by atoms with Crippen molar-refractivity contribution < 1.29 is 27.8 Å². The number of hydrogen-bond donors (Lipinski definition) is 4. The normalized spacial score (nSPS) is 23.9. The Morgan fingerprint density at radius 3 is 2.54 bits per heavy atom. The van der Waals surface area contributed by atoms with Crippen molar-refractivity contribution in [3.63, 3.8) is 0 Å². The predicted molar refractivity (Wildman–Crippen MR) is 138 cm³/mol. The summed E-state index contributed by atoms with van der Waals surface area (Å²) in [6, 6.07) is 11.2. The van der Waals surface area contributed by atoms with Crippen LogP contribution < -0.4 is 15.3 Å². The number of amidine groups is 1. The van der Waals surface area contributed by atoms with E-state index in [9.17, 15) is 27.8 Å². The lowest BCUT2D eigenvalue weighted by molar-refractivity contribution is -0.120. The van der Waals surface area contributed by atoms with Gasteiger partial charge in [-0.1, -0.05) is 38.1 Å². The summed E-state index contributed by atoms with van der Waals surface area (Å²) in [5.41, 5.74) is 0.364. The van der Waals surface area contributed by atoms with E-state index < -0.39 is 23.0 Å². The highest BCUT2D eigenvalue weighted by molar-refractivity contribution is 7.92. The van der Waals surface area contributed by atoms with Crippen LogP contribution in [0.15, 0.2) is 52.8 Å². The number of fused-ring (bicyclic) bond motifs is 2. The van der Waals surface area contributed by atoms with Crippen LogP contribution in [-0.2, 0) is 24.8 Å². The van der Waals surface area contributed by atoms with E-state index in [1.54, 1.807) is 12.1 Å². The first-order chi connectivity index (χ1) is 16.2. The molecule has 0 saturated carbocycles. The van der Waals surface area contributed by atoms with Crippen LogP contribution in [0.25, 0.3) is 5.76 Å². The van der Waals surface area contributed by atoms with E-state index in [0.29, 0.717) is 23.5 Å². The Labute approximate surface area is 204 Å². The third-order valence-electron chi connectivity index (χ3n) is 6.30. The summed E-state index contributed by atoms with van der Waals surface area (Å²) in [5, 5.41) is 13.9. The summed E-state index contributed by atoms with van der Waals surface area (Å²) >= 11 is 0. The van der Waals surface area contributed by atoms with E-state index in [1.165, 1.54) is 18.2 Å². The summed E-state index contributed by atoms with van der Waals surface area (Å²) in [6.45, 7) is 5.95. The van der Waals surface area contributed by atoms with E-state index in [-0.39, 0.29) is 39.6 Å². The van der Waals surface area contributed by atoms with Gasteiger partial charge in [0, 0.05) is 11.3 Å². The smallest absolute Gasteiger partial charge is 0.346 e. The van der Waals surface area contributed by atoms with Crippen LogP contribution in [0.2, 0.25) is 0 Å². The van der Waals surface area contributed by atoms with Crippen molar-refractivity contribution in [1.29, 1.82) is 0 Å². The summed E-state index contributed by atoms with van der Waals surface area (Å²) < 4.78 is 42.5. The SMILES string of the molecule is CC(C)CCC1(C)C(=O)C(C2=NP(=O)(O)c3cc(NS(C)(=O)=O)ccc3N2)=C(O)c2ccccc21. The van der Waals surface area contributed by atoms with Gasteiger partial charge in [-0.05, 0) is 49.4 Å². The molecular weight excluding hydrogens is 489 g/mol. The van der Waals surface area contributed by atoms with Crippen LogP contribution in [0.1, 0.15) is 44.7 Å². The first-order valence-corrected chi connectivity index (χ1v) is 14.6. The molecule has 11 heteroatoms. The highest BCUT2D eigenvalue weighted by Crippen LogP contribution is 2.49. The number of carbonyl (C=O) groups is 1. The topological polar surface area (TPSA) is 145 Å². The van der Waals surface area contributed by atoms with Crippen LogP contribution in [0.4, 0.5) is 11.4 Å². The lowest BCUT2D eigenvalue weighted by Gasteiger charge is -2.37. The molecule has 0 aromatic heterocycles. The standard InChI is InChI=1S/C24H28N3O6PS/c1-14(2)11-12-24(3)17-8-6-5-7-16(17)21(28)20(22(24)29)23-25-18-10-9-15(27-35(4,32)33)13-19(18)34(30,31)26-23/h5-10,13-14,27-28H,11-12H2,1-4H3,(H2,25,26,30,31). The molecule has 2 atom stereocenters. The number of anilines is 2. The molecule has 35 heavy (non-hydrogen) atoms. The predicted octanol–water partition coefficient (Wildman–Crippen LogP) is 3.94. The maximum absolute atomic E-state index is 13.9. The van der Waals surface area contributed by atoms with Gasteiger partial charge in [-0.2, -0.15) is 4.76 Å². The fraction of sp³-hybridized carbons (Fsp3) is 0.333. The molecule has 1 heterocycles. The molecule has 0 radical (unpaired) electrons. The molecule has 0 bridgehead atoms. The molecule has 186 valence electrons. The Kier molecular flexibility index (Phi) is 6.20. The molecule has 2 aromatic rings. The zero-order valence-corrected chi connectivity index (χ0v) is 21.6. The average molecular weight is 518 g/mol. The second kappa shape index (κ2) is 8.62. The maximum Gasteiger partial charge on any atom is 0.346 e. The van der Waals surface area contributed by atoms with Crippen molar-refractivity contribution in [2.75, 3.05) is 16.3 Å². The van der Waals surface area contributed by atoms with Crippen LogP contribution in [-0.4, -0.2) is 36.3 Å². The molecule has 4 rings (SSSR count). The van der Waals surface area contributed by atoms with Crippen molar-refractivity contribution >= 4 is 51.6 Å². The number of nitrogens with zero attached hydrogens (tertiary/aromatic N) is 1. The molecule has 0 spiro atoms. The number of hydrogen-bond acceptors (Lipinski definition) is 6. The number of carbonyl (C=O) groups excluding carboxylic acids is 1. The van der Waals surface area contributed by atoms with Gasteiger partial charge in [-0.3, -0.25) is 14.1 Å². The number of sulfonamides is 1. The Balaban J connectivity index is 1.83. The molecule has 2 aromatic carbocycles. The van der Waals surface area contributed by atoms with Gasteiger partial charge < -0.3 is 15.3 Å². The number of aliphatic hydroxyl groups excluding tert-OH is 1. The molecule has 2 aliphatic rings. The van der Waals surface area contributed by atoms with Crippen molar-refractivity contribution in [2.24, 2.45) is 10.7 Å². The van der Waals surface area contributed by atoms with E-state index in [2.05, 4.69) is 28.6 Å². The van der Waals surface area contributed by atoms with Crippen molar-refractivity contribution in [2.45, 2.75) is 39.0 Å². The highest BCUT2D eigenvalue weighted by atomic mass is 32.2. The zero-order valence-electron chi connectivity index (χ0n) is 19.9. The quantitative estimate of drug-likeness (QED) is 0.425. The third kappa shape index (κ3) is 4.66. The second-order valence-electron chi connectivity index (χ2n) is 9.59. The third-order valence-corrected chi connectivity index (χ3v) is 8.38. The van der Waals surface area contributed by atoms with Crippen LogP contribution >= 0.6 is 7.52 Å². The number of nitrogens with one attached hydrogen (secondary N) is 2.